The van der Waals surface area contributed by atoms with Gasteiger partial charge in [0.1, 0.15) is 10.6 Å². The highest BCUT2D eigenvalue weighted by Crippen LogP contribution is 2.32. The average Bonchev–Trinajstić information content (AvgIpc) is 3.33. The number of carbonyl (C=O) groups excluding carboxylic acids is 2. The zero-order chi connectivity index (χ0) is 26.4. The van der Waals surface area contributed by atoms with Crippen LogP contribution in [0.5, 0.6) is 5.75 Å². The van der Waals surface area contributed by atoms with Crippen molar-refractivity contribution in [1.82, 2.24) is 4.98 Å². The molecule has 3 aromatic carbocycles. The second-order valence-electron chi connectivity index (χ2n) is 7.56. The summed E-state index contributed by atoms with van der Waals surface area (Å²) in [4.78, 5) is 30.4. The van der Waals surface area contributed by atoms with Gasteiger partial charge in [-0.25, -0.2) is 18.2 Å². The highest BCUT2D eigenvalue weighted by Gasteiger charge is 2.23. The molecule has 9 nitrogen and oxygen atoms in total. The molecule has 2 N–H and O–H groups in total. The highest BCUT2D eigenvalue weighted by molar-refractivity contribution is 7.92. The monoisotopic (exact) mass is 537 g/mol. The lowest BCUT2D eigenvalue weighted by atomic mass is 10.1. The highest BCUT2D eigenvalue weighted by atomic mass is 32.2. The van der Waals surface area contributed by atoms with E-state index in [1.54, 1.807) is 31.2 Å². The third-order valence-corrected chi connectivity index (χ3v) is 7.47. The Balaban J connectivity index is 1.61. The van der Waals surface area contributed by atoms with E-state index in [2.05, 4.69) is 15.0 Å². The fourth-order valence-electron chi connectivity index (χ4n) is 3.39. The van der Waals surface area contributed by atoms with Gasteiger partial charge in [0.05, 0.1) is 35.6 Å². The standard InChI is InChI=1S/C26H23N3O6S2/c1-3-35-25(31)23-22(17-9-5-4-6-10-17)27-26(36-23)28-24(30)20-11-7-8-12-21(20)29-37(32,33)19-15-13-18(34-2)14-16-19/h4-16,29H,3H2,1-2H3,(H,27,28,30). The fraction of sp³-hybridized carbons (Fsp3) is 0.115. The molecule has 0 saturated heterocycles. The molecule has 11 heteroatoms. The van der Waals surface area contributed by atoms with Gasteiger partial charge in [-0.05, 0) is 43.3 Å². The molecule has 0 unspecified atom stereocenters. The van der Waals surface area contributed by atoms with Crippen molar-refractivity contribution in [2.45, 2.75) is 11.8 Å². The van der Waals surface area contributed by atoms with Crippen LogP contribution in [0.1, 0.15) is 27.0 Å². The molecule has 0 saturated carbocycles. The van der Waals surface area contributed by atoms with Crippen LogP contribution >= 0.6 is 11.3 Å². The Morgan fingerprint density at radius 1 is 0.946 bits per heavy atom. The van der Waals surface area contributed by atoms with E-state index < -0.39 is 21.9 Å². The van der Waals surface area contributed by atoms with Crippen LogP contribution < -0.4 is 14.8 Å². The van der Waals surface area contributed by atoms with Crippen molar-refractivity contribution in [3.8, 4) is 17.0 Å². The number of anilines is 2. The number of carbonyl (C=O) groups is 2. The number of benzene rings is 3. The van der Waals surface area contributed by atoms with E-state index in [0.717, 1.165) is 11.3 Å². The van der Waals surface area contributed by atoms with Gasteiger partial charge in [0.25, 0.3) is 15.9 Å². The van der Waals surface area contributed by atoms with Crippen molar-refractivity contribution in [2.24, 2.45) is 0 Å². The molecular weight excluding hydrogens is 514 g/mol. The quantitative estimate of drug-likeness (QED) is 0.286. The molecule has 0 fully saturated rings. The van der Waals surface area contributed by atoms with Crippen molar-refractivity contribution in [1.29, 1.82) is 0 Å². The molecule has 0 spiro atoms. The van der Waals surface area contributed by atoms with Gasteiger partial charge in [0.2, 0.25) is 0 Å². The summed E-state index contributed by atoms with van der Waals surface area (Å²) in [5, 5.41) is 2.84. The third-order valence-electron chi connectivity index (χ3n) is 5.14. The lowest BCUT2D eigenvalue weighted by Crippen LogP contribution is -2.18. The number of hydrogen-bond donors (Lipinski definition) is 2. The summed E-state index contributed by atoms with van der Waals surface area (Å²) in [6.07, 6.45) is 0. The summed E-state index contributed by atoms with van der Waals surface area (Å²) < 4.78 is 38.6. The summed E-state index contributed by atoms with van der Waals surface area (Å²) >= 11 is 0.977. The minimum absolute atomic E-state index is 0.00927. The number of para-hydroxylation sites is 1. The van der Waals surface area contributed by atoms with Crippen LogP contribution in [0.2, 0.25) is 0 Å². The molecule has 0 aliphatic rings. The van der Waals surface area contributed by atoms with Crippen molar-refractivity contribution >= 4 is 44.1 Å². The van der Waals surface area contributed by atoms with E-state index in [-0.39, 0.29) is 32.8 Å². The van der Waals surface area contributed by atoms with Gasteiger partial charge in [-0.1, -0.05) is 53.8 Å². The minimum atomic E-state index is -3.98. The molecule has 0 atom stereocenters. The summed E-state index contributed by atoms with van der Waals surface area (Å²) in [5.41, 5.74) is 1.23. The first-order chi connectivity index (χ1) is 17.8. The lowest BCUT2D eigenvalue weighted by molar-refractivity contribution is 0.0532. The molecule has 4 rings (SSSR count). The van der Waals surface area contributed by atoms with Crippen molar-refractivity contribution in [3.63, 3.8) is 0 Å². The van der Waals surface area contributed by atoms with E-state index in [4.69, 9.17) is 9.47 Å². The Bertz CT molecular complexity index is 1520. The smallest absolute Gasteiger partial charge is 0.350 e. The fourth-order valence-corrected chi connectivity index (χ4v) is 5.35. The van der Waals surface area contributed by atoms with Gasteiger partial charge in [0, 0.05) is 5.56 Å². The number of sulfonamides is 1. The molecule has 190 valence electrons. The lowest BCUT2D eigenvalue weighted by Gasteiger charge is -2.12. The second-order valence-corrected chi connectivity index (χ2v) is 10.2. The van der Waals surface area contributed by atoms with E-state index >= 15 is 0 Å². The predicted molar refractivity (Wildman–Crippen MR) is 142 cm³/mol. The molecule has 1 amide bonds. The molecular formula is C26H23N3O6S2. The first kappa shape index (κ1) is 25.9. The maximum absolute atomic E-state index is 13.2. The SMILES string of the molecule is CCOC(=O)c1sc(NC(=O)c2ccccc2NS(=O)(=O)c2ccc(OC)cc2)nc1-c1ccccc1. The molecule has 0 aliphatic heterocycles. The molecule has 0 bridgehead atoms. The summed E-state index contributed by atoms with van der Waals surface area (Å²) in [5.74, 6) is -0.636. The first-order valence-corrected chi connectivity index (χ1v) is 13.4. The normalized spacial score (nSPS) is 11.0. The van der Waals surface area contributed by atoms with Crippen LogP contribution in [0, 0.1) is 0 Å². The topological polar surface area (TPSA) is 124 Å². The number of amides is 1. The van der Waals surface area contributed by atoms with Crippen LogP contribution in [0.4, 0.5) is 10.8 Å². The van der Waals surface area contributed by atoms with Gasteiger partial charge < -0.3 is 9.47 Å². The number of rotatable bonds is 9. The maximum Gasteiger partial charge on any atom is 0.350 e. The van der Waals surface area contributed by atoms with E-state index in [0.29, 0.717) is 17.0 Å². The number of hydrogen-bond acceptors (Lipinski definition) is 8. The molecule has 4 aromatic rings. The number of nitrogens with one attached hydrogen (secondary N) is 2. The van der Waals surface area contributed by atoms with Gasteiger partial charge in [-0.3, -0.25) is 14.8 Å². The molecule has 0 aliphatic carbocycles. The summed E-state index contributed by atoms with van der Waals surface area (Å²) in [6, 6.07) is 21.1. The van der Waals surface area contributed by atoms with Gasteiger partial charge in [0.15, 0.2) is 5.13 Å². The van der Waals surface area contributed by atoms with Crippen molar-refractivity contribution < 1.29 is 27.5 Å². The van der Waals surface area contributed by atoms with E-state index in [1.807, 2.05) is 18.2 Å². The van der Waals surface area contributed by atoms with Gasteiger partial charge in [-0.15, -0.1) is 0 Å². The summed E-state index contributed by atoms with van der Waals surface area (Å²) in [7, 11) is -2.50. The van der Waals surface area contributed by atoms with Crippen molar-refractivity contribution in [2.75, 3.05) is 23.8 Å². The number of esters is 1. The maximum atomic E-state index is 13.2. The molecule has 1 aromatic heterocycles. The predicted octanol–water partition coefficient (Wildman–Crippen LogP) is 5.05. The number of aromatic nitrogens is 1. The number of methoxy groups -OCH3 is 1. The Kier molecular flexibility index (Phi) is 7.85. The Morgan fingerprint density at radius 2 is 1.62 bits per heavy atom. The molecule has 0 radical (unpaired) electrons. The summed E-state index contributed by atoms with van der Waals surface area (Å²) in [6.45, 7) is 1.89. The van der Waals surface area contributed by atoms with E-state index in [1.165, 1.54) is 43.5 Å². The zero-order valence-corrected chi connectivity index (χ0v) is 21.6. The van der Waals surface area contributed by atoms with E-state index in [9.17, 15) is 18.0 Å². The van der Waals surface area contributed by atoms with Crippen LogP contribution in [-0.2, 0) is 14.8 Å². The average molecular weight is 538 g/mol. The largest absolute Gasteiger partial charge is 0.497 e. The Labute approximate surface area is 218 Å². The van der Waals surface area contributed by atoms with Crippen LogP contribution in [0.3, 0.4) is 0 Å². The van der Waals surface area contributed by atoms with Crippen molar-refractivity contribution in [3.05, 3.63) is 89.3 Å². The molecule has 37 heavy (non-hydrogen) atoms. The van der Waals surface area contributed by atoms with Crippen LogP contribution in [0.25, 0.3) is 11.3 Å². The van der Waals surface area contributed by atoms with Crippen LogP contribution in [-0.4, -0.2) is 39.0 Å². The number of nitrogens with zero attached hydrogens (tertiary/aromatic N) is 1. The Hall–Kier alpha value is -4.22. The number of thiazole rings is 1. The first-order valence-electron chi connectivity index (χ1n) is 11.1. The minimum Gasteiger partial charge on any atom is -0.497 e. The number of ether oxygens (including phenoxy) is 2. The molecule has 1 heterocycles. The van der Waals surface area contributed by atoms with Crippen LogP contribution in [0.15, 0.2) is 83.8 Å². The second kappa shape index (κ2) is 11.2. The van der Waals surface area contributed by atoms with Gasteiger partial charge in [-0.2, -0.15) is 0 Å². The van der Waals surface area contributed by atoms with Gasteiger partial charge >= 0.3 is 5.97 Å². The Morgan fingerprint density at radius 3 is 2.30 bits per heavy atom. The zero-order valence-electron chi connectivity index (χ0n) is 19.9. The third kappa shape index (κ3) is 5.96.